The van der Waals surface area contributed by atoms with Gasteiger partial charge in [0.05, 0.1) is 5.56 Å². The van der Waals surface area contributed by atoms with Crippen LogP contribution in [0.5, 0.6) is 0 Å². The van der Waals surface area contributed by atoms with Crippen molar-refractivity contribution in [2.24, 2.45) is 0 Å². The number of anilines is 2. The molecule has 2 rings (SSSR count). The van der Waals surface area contributed by atoms with Crippen LogP contribution >= 0.6 is 0 Å². The van der Waals surface area contributed by atoms with Crippen LogP contribution in [-0.4, -0.2) is 17.9 Å². The number of halogens is 1. The molecule has 0 spiro atoms. The van der Waals surface area contributed by atoms with Gasteiger partial charge < -0.3 is 10.6 Å². The Hall–Kier alpha value is -2.43. The number of nitrogens with zero attached hydrogens (tertiary/aromatic N) is 1. The highest BCUT2D eigenvalue weighted by atomic mass is 19.1. The molecule has 4 nitrogen and oxygen atoms in total. The fourth-order valence-corrected chi connectivity index (χ4v) is 1.71. The molecule has 2 N–H and O–H groups in total. The van der Waals surface area contributed by atoms with Crippen molar-refractivity contribution < 1.29 is 9.18 Å². The third kappa shape index (κ3) is 2.88. The molecule has 0 aliphatic rings. The molecule has 0 atom stereocenters. The van der Waals surface area contributed by atoms with Gasteiger partial charge in [-0.15, -0.1) is 0 Å². The van der Waals surface area contributed by atoms with Crippen LogP contribution in [0.4, 0.5) is 15.9 Å². The van der Waals surface area contributed by atoms with Gasteiger partial charge in [-0.2, -0.15) is 0 Å². The molecule has 0 bridgehead atoms. The Kier molecular flexibility index (Phi) is 3.75. The van der Waals surface area contributed by atoms with Gasteiger partial charge >= 0.3 is 0 Å². The highest BCUT2D eigenvalue weighted by Gasteiger charge is 2.12. The normalized spacial score (nSPS) is 10.1. The zero-order valence-electron chi connectivity index (χ0n) is 10.7. The van der Waals surface area contributed by atoms with E-state index in [0.717, 1.165) is 5.56 Å². The lowest BCUT2D eigenvalue weighted by atomic mass is 10.1. The third-order valence-corrected chi connectivity index (χ3v) is 2.74. The second kappa shape index (κ2) is 5.48. The predicted molar refractivity (Wildman–Crippen MR) is 72.9 cm³/mol. The Labute approximate surface area is 110 Å². The lowest BCUT2D eigenvalue weighted by molar-refractivity contribution is 0.102. The van der Waals surface area contributed by atoms with E-state index < -0.39 is 0 Å². The van der Waals surface area contributed by atoms with Gasteiger partial charge in [0.25, 0.3) is 5.91 Å². The summed E-state index contributed by atoms with van der Waals surface area (Å²) in [6.07, 6.45) is 1.59. The Morgan fingerprint density at radius 3 is 2.84 bits per heavy atom. The maximum atomic E-state index is 13.2. The van der Waals surface area contributed by atoms with Crippen LogP contribution in [0.15, 0.2) is 36.5 Å². The molecule has 0 saturated heterocycles. The number of aromatic nitrogens is 1. The van der Waals surface area contributed by atoms with Crippen molar-refractivity contribution >= 4 is 17.4 Å². The number of carbonyl (C=O) groups is 1. The molecule has 19 heavy (non-hydrogen) atoms. The average Bonchev–Trinajstić information content (AvgIpc) is 2.42. The molecule has 1 aromatic heterocycles. The first-order valence-electron chi connectivity index (χ1n) is 5.82. The standard InChI is InChI=1S/C14H14FN3O/c1-9-5-6-10(15)8-12(9)18-14(19)11-4-3-7-17-13(11)16-2/h3-8H,1-2H3,(H,16,17)(H,18,19). The van der Waals surface area contributed by atoms with Crippen molar-refractivity contribution in [3.8, 4) is 0 Å². The predicted octanol–water partition coefficient (Wildman–Crippen LogP) is 2.82. The van der Waals surface area contributed by atoms with E-state index in [4.69, 9.17) is 0 Å². The summed E-state index contributed by atoms with van der Waals surface area (Å²) >= 11 is 0. The Balaban J connectivity index is 2.28. The zero-order chi connectivity index (χ0) is 13.8. The van der Waals surface area contributed by atoms with Crippen molar-refractivity contribution in [1.29, 1.82) is 0 Å². The summed E-state index contributed by atoms with van der Waals surface area (Å²) in [6, 6.07) is 7.60. The molecule has 1 heterocycles. The van der Waals surface area contributed by atoms with Gasteiger partial charge in [-0.1, -0.05) is 6.07 Å². The average molecular weight is 259 g/mol. The number of amides is 1. The summed E-state index contributed by atoms with van der Waals surface area (Å²) in [5.41, 5.74) is 1.66. The number of benzene rings is 1. The minimum Gasteiger partial charge on any atom is -0.372 e. The molecular weight excluding hydrogens is 245 g/mol. The number of carbonyl (C=O) groups excluding carboxylic acids is 1. The van der Waals surface area contributed by atoms with E-state index in [1.807, 2.05) is 0 Å². The Morgan fingerprint density at radius 1 is 1.32 bits per heavy atom. The molecule has 1 aromatic carbocycles. The van der Waals surface area contributed by atoms with Gasteiger partial charge in [0.15, 0.2) is 0 Å². The first-order valence-corrected chi connectivity index (χ1v) is 5.82. The van der Waals surface area contributed by atoms with Crippen LogP contribution in [0.2, 0.25) is 0 Å². The van der Waals surface area contributed by atoms with Gasteiger partial charge in [-0.3, -0.25) is 4.79 Å². The van der Waals surface area contributed by atoms with Crippen LogP contribution in [0.3, 0.4) is 0 Å². The van der Waals surface area contributed by atoms with E-state index in [1.54, 1.807) is 38.4 Å². The monoisotopic (exact) mass is 259 g/mol. The Bertz CT molecular complexity index is 613. The van der Waals surface area contributed by atoms with Gasteiger partial charge in [-0.25, -0.2) is 9.37 Å². The lowest BCUT2D eigenvalue weighted by Gasteiger charge is -2.10. The summed E-state index contributed by atoms with van der Waals surface area (Å²) in [4.78, 5) is 16.2. The molecule has 2 aromatic rings. The van der Waals surface area contributed by atoms with Crippen molar-refractivity contribution in [3.63, 3.8) is 0 Å². The molecule has 5 heteroatoms. The molecule has 0 saturated carbocycles. The molecule has 0 aliphatic carbocycles. The third-order valence-electron chi connectivity index (χ3n) is 2.74. The first-order chi connectivity index (χ1) is 9.11. The number of rotatable bonds is 3. The van der Waals surface area contributed by atoms with Crippen molar-refractivity contribution in [3.05, 3.63) is 53.5 Å². The second-order valence-electron chi connectivity index (χ2n) is 4.06. The van der Waals surface area contributed by atoms with E-state index in [-0.39, 0.29) is 11.7 Å². The zero-order valence-corrected chi connectivity index (χ0v) is 10.7. The lowest BCUT2D eigenvalue weighted by Crippen LogP contribution is -2.15. The summed E-state index contributed by atoms with van der Waals surface area (Å²) < 4.78 is 13.2. The topological polar surface area (TPSA) is 54.0 Å². The maximum absolute atomic E-state index is 13.2. The number of hydrogen-bond acceptors (Lipinski definition) is 3. The molecule has 1 amide bonds. The summed E-state index contributed by atoms with van der Waals surface area (Å²) in [5.74, 6) is -0.235. The van der Waals surface area contributed by atoms with Crippen LogP contribution in [-0.2, 0) is 0 Å². The number of nitrogens with one attached hydrogen (secondary N) is 2. The molecule has 0 fully saturated rings. The van der Waals surface area contributed by atoms with Crippen molar-refractivity contribution in [2.45, 2.75) is 6.92 Å². The van der Waals surface area contributed by atoms with Gasteiger partial charge in [0, 0.05) is 18.9 Å². The smallest absolute Gasteiger partial charge is 0.259 e. The SMILES string of the molecule is CNc1ncccc1C(=O)Nc1cc(F)ccc1C. The maximum Gasteiger partial charge on any atom is 0.259 e. The molecule has 0 unspecified atom stereocenters. The van der Waals surface area contributed by atoms with E-state index >= 15 is 0 Å². The molecule has 0 aliphatic heterocycles. The van der Waals surface area contributed by atoms with E-state index in [1.165, 1.54) is 12.1 Å². The van der Waals surface area contributed by atoms with Crippen molar-refractivity contribution in [2.75, 3.05) is 17.7 Å². The minimum absolute atomic E-state index is 0.328. The van der Waals surface area contributed by atoms with Gasteiger partial charge in [-0.05, 0) is 36.8 Å². The fraction of sp³-hybridized carbons (Fsp3) is 0.143. The van der Waals surface area contributed by atoms with Crippen molar-refractivity contribution in [1.82, 2.24) is 4.98 Å². The van der Waals surface area contributed by atoms with Crippen LogP contribution in [0, 0.1) is 12.7 Å². The van der Waals surface area contributed by atoms with Gasteiger partial charge in [0.1, 0.15) is 11.6 Å². The van der Waals surface area contributed by atoms with E-state index in [2.05, 4.69) is 15.6 Å². The number of pyridine rings is 1. The Morgan fingerprint density at radius 2 is 2.11 bits per heavy atom. The summed E-state index contributed by atoms with van der Waals surface area (Å²) in [5, 5.41) is 5.53. The number of aryl methyl sites for hydroxylation is 1. The fourth-order valence-electron chi connectivity index (χ4n) is 1.71. The summed E-state index contributed by atoms with van der Waals surface area (Å²) in [7, 11) is 1.69. The second-order valence-corrected chi connectivity index (χ2v) is 4.06. The highest BCUT2D eigenvalue weighted by molar-refractivity contribution is 6.07. The van der Waals surface area contributed by atoms with Crippen LogP contribution < -0.4 is 10.6 Å². The van der Waals surface area contributed by atoms with Crippen LogP contribution in [0.25, 0.3) is 0 Å². The minimum atomic E-state index is -0.388. The number of hydrogen-bond donors (Lipinski definition) is 2. The molecular formula is C14H14FN3O. The van der Waals surface area contributed by atoms with E-state index in [9.17, 15) is 9.18 Å². The molecule has 98 valence electrons. The summed E-state index contributed by atoms with van der Waals surface area (Å²) in [6.45, 7) is 1.80. The first kappa shape index (κ1) is 13.0. The van der Waals surface area contributed by atoms with Gasteiger partial charge in [0.2, 0.25) is 0 Å². The quantitative estimate of drug-likeness (QED) is 0.891. The highest BCUT2D eigenvalue weighted by Crippen LogP contribution is 2.18. The van der Waals surface area contributed by atoms with E-state index in [0.29, 0.717) is 17.1 Å². The largest absolute Gasteiger partial charge is 0.372 e. The molecule has 0 radical (unpaired) electrons. The van der Waals surface area contributed by atoms with Crippen LogP contribution in [0.1, 0.15) is 15.9 Å².